The first kappa shape index (κ1) is 20.5. The number of rotatable bonds is 4. The van der Waals surface area contributed by atoms with Crippen molar-refractivity contribution >= 4 is 29.1 Å². The van der Waals surface area contributed by atoms with Gasteiger partial charge in [-0.25, -0.2) is 0 Å². The molecule has 4 nitrogen and oxygen atoms in total. The third-order valence-electron chi connectivity index (χ3n) is 6.09. The van der Waals surface area contributed by atoms with Crippen molar-refractivity contribution in [3.63, 3.8) is 0 Å². The number of hydrogen-bond acceptors (Lipinski definition) is 4. The number of benzene rings is 2. The smallest absolute Gasteiger partial charge is 0.311 e. The summed E-state index contributed by atoms with van der Waals surface area (Å²) < 4.78 is 5.43. The van der Waals surface area contributed by atoms with Gasteiger partial charge in [0.05, 0.1) is 5.57 Å². The zero-order valence-electron chi connectivity index (χ0n) is 16.8. The van der Waals surface area contributed by atoms with Crippen LogP contribution in [-0.4, -0.2) is 17.5 Å². The van der Waals surface area contributed by atoms with Crippen molar-refractivity contribution in [3.8, 4) is 0 Å². The molecule has 0 amide bonds. The van der Waals surface area contributed by atoms with E-state index in [1.807, 2.05) is 24.3 Å². The lowest BCUT2D eigenvalue weighted by Crippen LogP contribution is -2.30. The van der Waals surface area contributed by atoms with Crippen LogP contribution >= 0.6 is 11.6 Å². The molecule has 2 aliphatic carbocycles. The second-order valence-corrected chi connectivity index (χ2v) is 8.31. The first-order chi connectivity index (χ1) is 14.5. The second kappa shape index (κ2) is 8.57. The lowest BCUT2D eigenvalue weighted by Gasteiger charge is -2.32. The molecule has 30 heavy (non-hydrogen) atoms. The molecule has 1 saturated carbocycles. The van der Waals surface area contributed by atoms with Gasteiger partial charge >= 0.3 is 5.97 Å². The summed E-state index contributed by atoms with van der Waals surface area (Å²) >= 11 is 6.00. The molecule has 1 fully saturated rings. The van der Waals surface area contributed by atoms with Crippen LogP contribution in [0, 0.1) is 5.92 Å². The van der Waals surface area contributed by atoms with E-state index < -0.39 is 5.97 Å². The molecule has 0 N–H and O–H groups in total. The van der Waals surface area contributed by atoms with E-state index in [2.05, 4.69) is 0 Å². The molecule has 0 aromatic heterocycles. The zero-order chi connectivity index (χ0) is 21.3. The van der Waals surface area contributed by atoms with E-state index in [1.165, 1.54) is 5.56 Å². The molecule has 0 saturated heterocycles. The van der Waals surface area contributed by atoms with E-state index >= 15 is 0 Å². The average Bonchev–Trinajstić information content (AvgIpc) is 2.78. The maximum absolute atomic E-state index is 13.3. The highest BCUT2D eigenvalue weighted by Gasteiger charge is 2.39. The Morgan fingerprint density at radius 1 is 0.900 bits per heavy atom. The van der Waals surface area contributed by atoms with Crippen LogP contribution in [0.15, 0.2) is 59.9 Å². The Morgan fingerprint density at radius 2 is 1.47 bits per heavy atom. The Balaban J connectivity index is 1.63. The van der Waals surface area contributed by atoms with Crippen molar-refractivity contribution in [3.05, 3.63) is 81.6 Å². The largest absolute Gasteiger partial charge is 0.422 e. The number of Topliss-reactive ketones (excluding diaryl/α,β-unsaturated/α-hetero) is 2. The molecule has 2 aromatic carbocycles. The average molecular weight is 423 g/mol. The van der Waals surface area contributed by atoms with E-state index in [4.69, 9.17) is 16.3 Å². The first-order valence-electron chi connectivity index (χ1n) is 10.4. The number of esters is 1. The van der Waals surface area contributed by atoms with Crippen LogP contribution in [0.4, 0.5) is 0 Å². The number of carbonyl (C=O) groups is 3. The van der Waals surface area contributed by atoms with Crippen LogP contribution in [0.1, 0.15) is 71.2 Å². The van der Waals surface area contributed by atoms with Gasteiger partial charge in [-0.3, -0.25) is 14.4 Å². The Bertz CT molecular complexity index is 1030. The SMILES string of the molecule is CCC(=O)OC1=C([C@H]2CC[C@H](c3ccc(Cl)cc3)CC2)C(=O)c2ccccc2C1=O. The predicted molar refractivity (Wildman–Crippen MR) is 115 cm³/mol. The van der Waals surface area contributed by atoms with Crippen LogP contribution in [-0.2, 0) is 9.53 Å². The van der Waals surface area contributed by atoms with E-state index in [-0.39, 0.29) is 29.7 Å². The molecular weight excluding hydrogens is 400 g/mol. The number of ether oxygens (including phenoxy) is 1. The van der Waals surface area contributed by atoms with Gasteiger partial charge in [0.25, 0.3) is 0 Å². The lowest BCUT2D eigenvalue weighted by atomic mass is 9.72. The molecule has 0 unspecified atom stereocenters. The summed E-state index contributed by atoms with van der Waals surface area (Å²) in [4.78, 5) is 38.4. The minimum absolute atomic E-state index is 0.0690. The van der Waals surface area contributed by atoms with E-state index in [1.54, 1.807) is 31.2 Å². The van der Waals surface area contributed by atoms with Gasteiger partial charge in [0.2, 0.25) is 5.78 Å². The molecule has 4 rings (SSSR count). The highest BCUT2D eigenvalue weighted by molar-refractivity contribution is 6.30. The van der Waals surface area contributed by atoms with Crippen LogP contribution in [0.5, 0.6) is 0 Å². The monoisotopic (exact) mass is 422 g/mol. The number of allylic oxidation sites excluding steroid dienone is 2. The van der Waals surface area contributed by atoms with Gasteiger partial charge < -0.3 is 4.74 Å². The topological polar surface area (TPSA) is 60.4 Å². The minimum Gasteiger partial charge on any atom is -0.422 e. The Kier molecular flexibility index (Phi) is 5.87. The maximum Gasteiger partial charge on any atom is 0.311 e. The summed E-state index contributed by atoms with van der Waals surface area (Å²) in [6.45, 7) is 1.67. The number of halogens is 1. The van der Waals surface area contributed by atoms with Gasteiger partial charge in [0, 0.05) is 22.6 Å². The highest BCUT2D eigenvalue weighted by atomic mass is 35.5. The van der Waals surface area contributed by atoms with Crippen molar-refractivity contribution < 1.29 is 19.1 Å². The molecule has 2 aliphatic rings. The van der Waals surface area contributed by atoms with Gasteiger partial charge in [0.1, 0.15) is 0 Å². The standard InChI is InChI=1S/C25H23ClO4/c1-2-21(27)30-25-22(23(28)19-5-3-4-6-20(19)24(25)29)17-9-7-15(8-10-17)16-11-13-18(26)14-12-16/h3-6,11-15,17H,2,7-10H2,1H3/t15-,17-. The maximum atomic E-state index is 13.3. The number of ketones is 2. The van der Waals surface area contributed by atoms with Crippen LogP contribution in [0.3, 0.4) is 0 Å². The Morgan fingerprint density at radius 3 is 2.07 bits per heavy atom. The van der Waals surface area contributed by atoms with Crippen LogP contribution in [0.25, 0.3) is 0 Å². The summed E-state index contributed by atoms with van der Waals surface area (Å²) in [5.41, 5.74) is 2.31. The molecule has 0 aliphatic heterocycles. The van der Waals surface area contributed by atoms with Gasteiger partial charge in [-0.2, -0.15) is 0 Å². The van der Waals surface area contributed by atoms with Crippen molar-refractivity contribution in [1.82, 2.24) is 0 Å². The van der Waals surface area contributed by atoms with Gasteiger partial charge in [0.15, 0.2) is 11.5 Å². The summed E-state index contributed by atoms with van der Waals surface area (Å²) in [7, 11) is 0. The molecule has 5 heteroatoms. The third-order valence-corrected chi connectivity index (χ3v) is 6.35. The third kappa shape index (κ3) is 3.84. The number of carbonyl (C=O) groups excluding carboxylic acids is 3. The van der Waals surface area contributed by atoms with Gasteiger partial charge in [-0.05, 0) is 55.2 Å². The summed E-state index contributed by atoms with van der Waals surface area (Å²) in [5, 5.41) is 0.713. The Labute approximate surface area is 180 Å². The van der Waals surface area contributed by atoms with Gasteiger partial charge in [-0.15, -0.1) is 0 Å². The number of fused-ring (bicyclic) bond motifs is 1. The number of hydrogen-bond donors (Lipinski definition) is 0. The normalized spacial score (nSPS) is 21.4. The summed E-state index contributed by atoms with van der Waals surface area (Å²) in [6.07, 6.45) is 3.46. The van der Waals surface area contributed by atoms with Crippen LogP contribution < -0.4 is 0 Å². The molecule has 154 valence electrons. The molecule has 0 atom stereocenters. The summed E-state index contributed by atoms with van der Waals surface area (Å²) in [5.74, 6) is -0.848. The highest BCUT2D eigenvalue weighted by Crippen LogP contribution is 2.42. The zero-order valence-corrected chi connectivity index (χ0v) is 17.6. The predicted octanol–water partition coefficient (Wildman–Crippen LogP) is 5.90. The molecule has 0 radical (unpaired) electrons. The first-order valence-corrected chi connectivity index (χ1v) is 10.8. The molecule has 0 heterocycles. The fourth-order valence-corrected chi connectivity index (χ4v) is 4.61. The molecule has 2 aromatic rings. The van der Waals surface area contributed by atoms with E-state index in [0.717, 1.165) is 25.7 Å². The minimum atomic E-state index is -0.502. The quantitative estimate of drug-likeness (QED) is 0.575. The van der Waals surface area contributed by atoms with Crippen molar-refractivity contribution in [1.29, 1.82) is 0 Å². The Hall–Kier alpha value is -2.72. The van der Waals surface area contributed by atoms with Crippen molar-refractivity contribution in [2.24, 2.45) is 5.92 Å². The van der Waals surface area contributed by atoms with E-state index in [0.29, 0.717) is 27.6 Å². The van der Waals surface area contributed by atoms with Crippen molar-refractivity contribution in [2.75, 3.05) is 0 Å². The summed E-state index contributed by atoms with van der Waals surface area (Å²) in [6, 6.07) is 14.6. The van der Waals surface area contributed by atoms with Gasteiger partial charge in [-0.1, -0.05) is 54.9 Å². The molecule has 0 spiro atoms. The van der Waals surface area contributed by atoms with Crippen LogP contribution in [0.2, 0.25) is 5.02 Å². The fourth-order valence-electron chi connectivity index (χ4n) is 4.48. The van der Waals surface area contributed by atoms with Crippen molar-refractivity contribution in [2.45, 2.75) is 44.9 Å². The second-order valence-electron chi connectivity index (χ2n) is 7.87. The van der Waals surface area contributed by atoms with E-state index in [9.17, 15) is 14.4 Å². The fraction of sp³-hybridized carbons (Fsp3) is 0.320. The lowest BCUT2D eigenvalue weighted by molar-refractivity contribution is -0.138. The molecule has 0 bridgehead atoms. The molecular formula is C25H23ClO4.